The third kappa shape index (κ3) is 3.16. The largest absolute Gasteiger partial charge is 0.369 e. The van der Waals surface area contributed by atoms with Crippen LogP contribution >= 0.6 is 15.9 Å². The Labute approximate surface area is 121 Å². The van der Waals surface area contributed by atoms with Gasteiger partial charge in [-0.05, 0) is 37.1 Å². The number of carbonyl (C=O) groups is 1. The van der Waals surface area contributed by atoms with Crippen LogP contribution in [0.25, 0.3) is 0 Å². The van der Waals surface area contributed by atoms with Crippen LogP contribution in [0.1, 0.15) is 12.8 Å². The maximum absolute atomic E-state index is 12.4. The molecule has 104 valence electrons. The number of nitrogens with zero attached hydrogens (tertiary/aromatic N) is 1. The van der Waals surface area contributed by atoms with E-state index < -0.39 is 10.0 Å². The summed E-state index contributed by atoms with van der Waals surface area (Å²) in [4.78, 5) is 11.3. The molecule has 1 saturated heterocycles. The second kappa shape index (κ2) is 5.60. The molecule has 0 radical (unpaired) electrons. The number of amides is 1. The minimum absolute atomic E-state index is 0.212. The Bertz CT molecular complexity index is 563. The molecule has 0 spiro atoms. The summed E-state index contributed by atoms with van der Waals surface area (Å²) in [5, 5.41) is 0. The number of benzene rings is 1. The summed E-state index contributed by atoms with van der Waals surface area (Å²) < 4.78 is 27.0. The van der Waals surface area contributed by atoms with Crippen molar-refractivity contribution in [3.8, 4) is 0 Å². The average Bonchev–Trinajstić information content (AvgIpc) is 2.39. The van der Waals surface area contributed by atoms with Gasteiger partial charge in [-0.2, -0.15) is 4.31 Å². The molecular weight excluding hydrogens is 332 g/mol. The monoisotopic (exact) mass is 346 g/mol. The Morgan fingerprint density at radius 1 is 1.21 bits per heavy atom. The predicted molar refractivity (Wildman–Crippen MR) is 74.8 cm³/mol. The lowest BCUT2D eigenvalue weighted by Gasteiger charge is -2.29. The van der Waals surface area contributed by atoms with Crippen LogP contribution in [0, 0.1) is 5.92 Å². The van der Waals surface area contributed by atoms with E-state index in [0.717, 1.165) is 4.47 Å². The molecule has 1 fully saturated rings. The van der Waals surface area contributed by atoms with Crippen molar-refractivity contribution < 1.29 is 13.2 Å². The fourth-order valence-corrected chi connectivity index (χ4v) is 3.87. The minimum atomic E-state index is -3.47. The van der Waals surface area contributed by atoms with Crippen molar-refractivity contribution in [1.82, 2.24) is 4.31 Å². The normalized spacial score (nSPS) is 18.4. The first-order valence-electron chi connectivity index (χ1n) is 5.96. The molecule has 0 aliphatic carbocycles. The fourth-order valence-electron chi connectivity index (χ4n) is 2.14. The molecule has 1 aliphatic heterocycles. The highest BCUT2D eigenvalue weighted by Crippen LogP contribution is 2.24. The Morgan fingerprint density at radius 3 is 2.21 bits per heavy atom. The number of piperidine rings is 1. The van der Waals surface area contributed by atoms with E-state index in [2.05, 4.69) is 15.9 Å². The quantitative estimate of drug-likeness (QED) is 0.896. The maximum Gasteiger partial charge on any atom is 0.243 e. The summed E-state index contributed by atoms with van der Waals surface area (Å²) in [7, 11) is -3.47. The fraction of sp³-hybridized carbons (Fsp3) is 0.417. The van der Waals surface area contributed by atoms with Crippen molar-refractivity contribution in [3.63, 3.8) is 0 Å². The smallest absolute Gasteiger partial charge is 0.243 e. The highest BCUT2D eigenvalue weighted by atomic mass is 79.9. The standard InChI is InChI=1S/C12H15BrN2O3S/c13-10-1-3-11(4-2-10)19(17,18)15-7-5-9(6-8-15)12(14)16/h1-4,9H,5-8H2,(H2,14,16). The first-order valence-corrected chi connectivity index (χ1v) is 8.19. The first kappa shape index (κ1) is 14.5. The van der Waals surface area contributed by atoms with E-state index in [4.69, 9.17) is 5.73 Å². The van der Waals surface area contributed by atoms with E-state index in [1.54, 1.807) is 24.3 Å². The summed E-state index contributed by atoms with van der Waals surface area (Å²) in [5.74, 6) is -0.558. The van der Waals surface area contributed by atoms with Crippen LogP contribution in [-0.4, -0.2) is 31.7 Å². The van der Waals surface area contributed by atoms with E-state index in [1.807, 2.05) is 0 Å². The Kier molecular flexibility index (Phi) is 4.27. The van der Waals surface area contributed by atoms with Gasteiger partial charge in [0.25, 0.3) is 0 Å². The SMILES string of the molecule is NC(=O)C1CCN(S(=O)(=O)c2ccc(Br)cc2)CC1. The van der Waals surface area contributed by atoms with Crippen LogP contribution in [0.4, 0.5) is 0 Å². The molecule has 1 aliphatic rings. The van der Waals surface area contributed by atoms with Gasteiger partial charge in [-0.25, -0.2) is 8.42 Å². The van der Waals surface area contributed by atoms with E-state index in [0.29, 0.717) is 25.9 Å². The van der Waals surface area contributed by atoms with Gasteiger partial charge in [0.15, 0.2) is 0 Å². The molecule has 0 aromatic heterocycles. The molecule has 0 atom stereocenters. The second-order valence-electron chi connectivity index (χ2n) is 4.53. The number of carbonyl (C=O) groups excluding carboxylic acids is 1. The summed E-state index contributed by atoms with van der Waals surface area (Å²) in [6.45, 7) is 0.679. The van der Waals surface area contributed by atoms with E-state index >= 15 is 0 Å². The molecule has 0 bridgehead atoms. The zero-order valence-electron chi connectivity index (χ0n) is 10.3. The lowest BCUT2D eigenvalue weighted by atomic mass is 9.98. The molecule has 5 nitrogen and oxygen atoms in total. The van der Waals surface area contributed by atoms with Crippen molar-refractivity contribution in [2.75, 3.05) is 13.1 Å². The number of rotatable bonds is 3. The Hall–Kier alpha value is -0.920. The van der Waals surface area contributed by atoms with E-state index in [-0.39, 0.29) is 16.7 Å². The highest BCUT2D eigenvalue weighted by molar-refractivity contribution is 9.10. The topological polar surface area (TPSA) is 80.5 Å². The number of halogens is 1. The molecule has 2 rings (SSSR count). The Morgan fingerprint density at radius 2 is 1.74 bits per heavy atom. The molecule has 19 heavy (non-hydrogen) atoms. The summed E-state index contributed by atoms with van der Waals surface area (Å²) in [6, 6.07) is 6.53. The molecule has 7 heteroatoms. The lowest BCUT2D eigenvalue weighted by Crippen LogP contribution is -2.41. The van der Waals surface area contributed by atoms with E-state index in [1.165, 1.54) is 4.31 Å². The zero-order valence-corrected chi connectivity index (χ0v) is 12.7. The van der Waals surface area contributed by atoms with Gasteiger partial charge in [0.05, 0.1) is 4.90 Å². The van der Waals surface area contributed by atoms with E-state index in [9.17, 15) is 13.2 Å². The van der Waals surface area contributed by atoms with Gasteiger partial charge in [-0.3, -0.25) is 4.79 Å². The van der Waals surface area contributed by atoms with Gasteiger partial charge in [0.1, 0.15) is 0 Å². The molecule has 0 unspecified atom stereocenters. The second-order valence-corrected chi connectivity index (χ2v) is 7.39. The summed E-state index contributed by atoms with van der Waals surface area (Å²) >= 11 is 3.27. The van der Waals surface area contributed by atoms with Gasteiger partial charge in [-0.15, -0.1) is 0 Å². The average molecular weight is 347 g/mol. The van der Waals surface area contributed by atoms with Crippen molar-refractivity contribution in [3.05, 3.63) is 28.7 Å². The highest BCUT2D eigenvalue weighted by Gasteiger charge is 2.31. The third-order valence-corrected chi connectivity index (χ3v) is 5.75. The van der Waals surface area contributed by atoms with Crippen molar-refractivity contribution in [1.29, 1.82) is 0 Å². The molecule has 1 amide bonds. The minimum Gasteiger partial charge on any atom is -0.369 e. The number of nitrogens with two attached hydrogens (primary N) is 1. The van der Waals surface area contributed by atoms with Crippen LogP contribution < -0.4 is 5.73 Å². The molecule has 2 N–H and O–H groups in total. The molecule has 1 heterocycles. The number of sulfonamides is 1. The first-order chi connectivity index (χ1) is 8.91. The molecule has 1 aromatic carbocycles. The van der Waals surface area contributed by atoms with Gasteiger partial charge in [-0.1, -0.05) is 15.9 Å². The third-order valence-electron chi connectivity index (χ3n) is 3.31. The van der Waals surface area contributed by atoms with Crippen molar-refractivity contribution in [2.24, 2.45) is 11.7 Å². The number of primary amides is 1. The van der Waals surface area contributed by atoms with Crippen molar-refractivity contribution in [2.45, 2.75) is 17.7 Å². The van der Waals surface area contributed by atoms with Crippen LogP contribution in [0.5, 0.6) is 0 Å². The van der Waals surface area contributed by atoms with Crippen molar-refractivity contribution >= 4 is 31.9 Å². The van der Waals surface area contributed by atoms with Gasteiger partial charge >= 0.3 is 0 Å². The Balaban J connectivity index is 2.14. The molecule has 1 aromatic rings. The van der Waals surface area contributed by atoms with Gasteiger partial charge < -0.3 is 5.73 Å². The van der Waals surface area contributed by atoms with Crippen LogP contribution in [0.2, 0.25) is 0 Å². The number of hydrogen-bond acceptors (Lipinski definition) is 3. The van der Waals surface area contributed by atoms with Gasteiger partial charge in [0, 0.05) is 23.5 Å². The molecule has 0 saturated carbocycles. The van der Waals surface area contributed by atoms with Crippen LogP contribution in [-0.2, 0) is 14.8 Å². The summed E-state index contributed by atoms with van der Waals surface area (Å²) in [5.41, 5.74) is 5.24. The maximum atomic E-state index is 12.4. The van der Waals surface area contributed by atoms with Gasteiger partial charge in [0.2, 0.25) is 15.9 Å². The lowest BCUT2D eigenvalue weighted by molar-refractivity contribution is -0.122. The number of hydrogen-bond donors (Lipinski definition) is 1. The predicted octanol–water partition coefficient (Wildman–Crippen LogP) is 1.34. The van der Waals surface area contributed by atoms with Crippen LogP contribution in [0.15, 0.2) is 33.6 Å². The molecular formula is C12H15BrN2O3S. The van der Waals surface area contributed by atoms with Crippen LogP contribution in [0.3, 0.4) is 0 Å². The summed E-state index contributed by atoms with van der Waals surface area (Å²) in [6.07, 6.45) is 0.982. The zero-order chi connectivity index (χ0) is 14.0.